The number of benzene rings is 1. The first-order valence-corrected chi connectivity index (χ1v) is 15.3. The number of hydrogen-bond donors (Lipinski definition) is 5. The van der Waals surface area contributed by atoms with Gasteiger partial charge in [-0.2, -0.15) is 0 Å². The van der Waals surface area contributed by atoms with Crippen LogP contribution in [0.2, 0.25) is 0 Å². The maximum atomic E-state index is 12.6. The third kappa shape index (κ3) is 4.74. The van der Waals surface area contributed by atoms with Crippen LogP contribution in [0.25, 0.3) is 10.9 Å². The molecule has 3 fully saturated rings. The van der Waals surface area contributed by atoms with Crippen molar-refractivity contribution < 1.29 is 29.7 Å². The number of hydrogen-bond acceptors (Lipinski definition) is 6. The van der Waals surface area contributed by atoms with Gasteiger partial charge in [0.25, 0.3) is 5.91 Å². The van der Waals surface area contributed by atoms with Crippen molar-refractivity contribution in [3.05, 3.63) is 47.7 Å². The number of rotatable bonds is 7. The highest BCUT2D eigenvalue weighted by atomic mass is 16.6. The third-order valence-corrected chi connectivity index (χ3v) is 11.6. The molecule has 4 aliphatic carbocycles. The molecular weight excluding hydrogens is 534 g/mol. The molecular formula is C33H43N3O6. The molecule has 5 N–H and O–H groups in total. The molecule has 3 saturated carbocycles. The van der Waals surface area contributed by atoms with Crippen LogP contribution in [0.3, 0.4) is 0 Å². The van der Waals surface area contributed by atoms with Crippen LogP contribution in [-0.4, -0.2) is 62.2 Å². The predicted octanol–water partition coefficient (Wildman–Crippen LogP) is 4.34. The number of aromatic amines is 1. The number of fused-ring (bicyclic) bond motifs is 6. The van der Waals surface area contributed by atoms with E-state index in [1.165, 1.54) is 5.57 Å². The van der Waals surface area contributed by atoms with E-state index in [4.69, 9.17) is 4.84 Å². The quantitative estimate of drug-likeness (QED) is 0.310. The van der Waals surface area contributed by atoms with Crippen molar-refractivity contribution in [1.82, 2.24) is 10.3 Å². The Morgan fingerprint density at radius 3 is 2.74 bits per heavy atom. The van der Waals surface area contributed by atoms with E-state index in [0.29, 0.717) is 24.7 Å². The van der Waals surface area contributed by atoms with Gasteiger partial charge in [-0.25, -0.2) is 4.79 Å². The smallest absolute Gasteiger partial charge is 0.326 e. The molecule has 1 amide bonds. The average molecular weight is 578 g/mol. The normalized spacial score (nSPS) is 37.4. The average Bonchev–Trinajstić information content (AvgIpc) is 3.45. The van der Waals surface area contributed by atoms with Gasteiger partial charge in [-0.1, -0.05) is 42.8 Å². The summed E-state index contributed by atoms with van der Waals surface area (Å²) in [6.07, 6.45) is 9.42. The number of allylic oxidation sites excluding steroid dienone is 2. The highest BCUT2D eigenvalue weighted by molar-refractivity contribution is 5.96. The first kappa shape index (κ1) is 28.9. The number of carboxylic acid groups (broad SMARTS) is 1. The Kier molecular flexibility index (Phi) is 7.25. The van der Waals surface area contributed by atoms with Gasteiger partial charge in [-0.05, 0) is 92.7 Å². The van der Waals surface area contributed by atoms with Gasteiger partial charge in [-0.15, -0.1) is 0 Å². The number of aliphatic carboxylic acids is 1. The summed E-state index contributed by atoms with van der Waals surface area (Å²) in [5, 5.41) is 40.1. The van der Waals surface area contributed by atoms with E-state index < -0.39 is 29.6 Å². The Balaban J connectivity index is 1.09. The van der Waals surface area contributed by atoms with Gasteiger partial charge in [0.2, 0.25) is 0 Å². The summed E-state index contributed by atoms with van der Waals surface area (Å²) in [5.74, 6) is -0.691. The summed E-state index contributed by atoms with van der Waals surface area (Å²) in [6.45, 7) is 6.04. The van der Waals surface area contributed by atoms with Crippen LogP contribution in [0.15, 0.2) is 47.3 Å². The van der Waals surface area contributed by atoms with Gasteiger partial charge >= 0.3 is 5.97 Å². The number of oxime groups is 1. The van der Waals surface area contributed by atoms with E-state index in [-0.39, 0.29) is 29.8 Å². The van der Waals surface area contributed by atoms with E-state index in [2.05, 4.69) is 35.4 Å². The summed E-state index contributed by atoms with van der Waals surface area (Å²) in [7, 11) is 0. The molecule has 0 radical (unpaired) electrons. The molecule has 2 aromatic rings. The lowest BCUT2D eigenvalue weighted by molar-refractivity contribution is -0.164. The molecule has 6 rings (SSSR count). The fraction of sp³-hybridized carbons (Fsp3) is 0.606. The Hall–Kier alpha value is -3.17. The highest BCUT2D eigenvalue weighted by Gasteiger charge is 2.64. The monoisotopic (exact) mass is 577 g/mol. The number of amides is 1. The number of carbonyl (C=O) groups excluding carboxylic acids is 1. The summed E-state index contributed by atoms with van der Waals surface area (Å²) in [6, 6.07) is 6.55. The third-order valence-electron chi connectivity index (χ3n) is 11.6. The Morgan fingerprint density at radius 1 is 1.17 bits per heavy atom. The minimum Gasteiger partial charge on any atom is -0.480 e. The zero-order valence-corrected chi connectivity index (χ0v) is 24.7. The molecule has 0 bridgehead atoms. The van der Waals surface area contributed by atoms with Crippen LogP contribution >= 0.6 is 0 Å². The van der Waals surface area contributed by atoms with Gasteiger partial charge in [0, 0.05) is 28.9 Å². The second-order valence-electron chi connectivity index (χ2n) is 13.8. The van der Waals surface area contributed by atoms with Crippen LogP contribution in [-0.2, 0) is 20.8 Å². The zero-order valence-electron chi connectivity index (χ0n) is 24.7. The van der Waals surface area contributed by atoms with Crippen molar-refractivity contribution in [3.63, 3.8) is 0 Å². The van der Waals surface area contributed by atoms with E-state index in [1.807, 2.05) is 31.2 Å². The van der Waals surface area contributed by atoms with Crippen LogP contribution in [0, 0.1) is 28.6 Å². The number of H-pyrrole nitrogens is 1. The number of nitrogens with one attached hydrogen (secondary N) is 2. The van der Waals surface area contributed by atoms with Crippen LogP contribution in [0.4, 0.5) is 0 Å². The molecule has 1 aromatic carbocycles. The summed E-state index contributed by atoms with van der Waals surface area (Å²) in [4.78, 5) is 33.0. The van der Waals surface area contributed by atoms with Crippen molar-refractivity contribution >= 4 is 28.5 Å². The van der Waals surface area contributed by atoms with E-state index in [0.717, 1.165) is 54.3 Å². The van der Waals surface area contributed by atoms with Crippen molar-refractivity contribution in [2.24, 2.45) is 33.7 Å². The maximum Gasteiger partial charge on any atom is 0.326 e. The molecule has 5 unspecified atom stereocenters. The van der Waals surface area contributed by atoms with Crippen molar-refractivity contribution in [3.8, 4) is 0 Å². The molecule has 0 saturated heterocycles. The molecule has 226 valence electrons. The number of para-hydroxylation sites is 1. The fourth-order valence-electron chi connectivity index (χ4n) is 9.12. The van der Waals surface area contributed by atoms with Crippen molar-refractivity contribution in [2.45, 2.75) is 89.9 Å². The molecule has 9 nitrogen and oxygen atoms in total. The second-order valence-corrected chi connectivity index (χ2v) is 13.8. The highest BCUT2D eigenvalue weighted by Crippen LogP contribution is 2.67. The Bertz CT molecular complexity index is 1440. The molecule has 9 heteroatoms. The molecule has 1 aromatic heterocycles. The molecule has 4 aliphatic rings. The first-order chi connectivity index (χ1) is 19.9. The van der Waals surface area contributed by atoms with Crippen LogP contribution < -0.4 is 5.32 Å². The largest absolute Gasteiger partial charge is 0.480 e. The van der Waals surface area contributed by atoms with Gasteiger partial charge in [0.05, 0.1) is 17.4 Å². The zero-order chi connectivity index (χ0) is 29.9. The number of carboxylic acids is 1. The van der Waals surface area contributed by atoms with E-state index in [1.54, 1.807) is 6.20 Å². The number of aliphatic hydroxyl groups excluding tert-OH is 1. The maximum absolute atomic E-state index is 12.6. The topological polar surface area (TPSA) is 144 Å². The van der Waals surface area contributed by atoms with Crippen LogP contribution in [0.1, 0.15) is 71.3 Å². The van der Waals surface area contributed by atoms with E-state index >= 15 is 0 Å². The van der Waals surface area contributed by atoms with Gasteiger partial charge in [0.1, 0.15) is 6.04 Å². The predicted molar refractivity (Wildman–Crippen MR) is 159 cm³/mol. The van der Waals surface area contributed by atoms with Gasteiger partial charge < -0.3 is 30.5 Å². The number of aromatic nitrogens is 1. The summed E-state index contributed by atoms with van der Waals surface area (Å²) in [5.41, 5.74) is 2.65. The lowest BCUT2D eigenvalue weighted by atomic mass is 9.45. The van der Waals surface area contributed by atoms with Crippen molar-refractivity contribution in [1.29, 1.82) is 0 Å². The van der Waals surface area contributed by atoms with Gasteiger partial charge in [0.15, 0.2) is 6.61 Å². The van der Waals surface area contributed by atoms with Crippen LogP contribution in [0.5, 0.6) is 0 Å². The standard InChI is InChI=1S/C33H43N3O6/c1-31-12-10-21(15-20(31)8-9-23-24-11-13-33(3,41)32(24,2)16-27(37)29(23)31)36-42-18-28(38)35-26(30(39)40)14-19-17-34-25-7-5-4-6-22(19)25/h4-7,15,17,23-24,26-27,29,34,37,41H,8-14,16,18H2,1-3H3,(H,35,38)(H,39,40)/b36-21+/t23?,24?,26?,27?,29?,31-,32-,33-/m0/s1. The molecule has 1 heterocycles. The lowest BCUT2D eigenvalue weighted by Gasteiger charge is -2.60. The SMILES string of the molecule is C[C@]12CC/C(=N\OCC(=O)NC(Cc3c[nH]c4ccccc34)C(=O)O)C=C1CCC1C2C(O)C[C@@]2(C)C1CC[C@]2(C)O. The molecule has 8 atom stereocenters. The number of aliphatic hydroxyl groups is 2. The van der Waals surface area contributed by atoms with Crippen molar-refractivity contribution in [2.75, 3.05) is 6.61 Å². The summed E-state index contributed by atoms with van der Waals surface area (Å²) >= 11 is 0. The fourth-order valence-corrected chi connectivity index (χ4v) is 9.12. The molecule has 0 spiro atoms. The minimum absolute atomic E-state index is 0.133. The Morgan fingerprint density at radius 2 is 1.95 bits per heavy atom. The molecule has 0 aliphatic heterocycles. The number of nitrogens with zero attached hydrogens (tertiary/aromatic N) is 1. The number of carbonyl (C=O) groups is 2. The summed E-state index contributed by atoms with van der Waals surface area (Å²) < 4.78 is 0. The first-order valence-electron chi connectivity index (χ1n) is 15.3. The Labute approximate surface area is 246 Å². The second kappa shape index (κ2) is 10.5. The minimum atomic E-state index is -1.11. The van der Waals surface area contributed by atoms with Gasteiger partial charge in [-0.3, -0.25) is 4.79 Å². The lowest BCUT2D eigenvalue weighted by Crippen LogP contribution is -2.59. The molecule has 42 heavy (non-hydrogen) atoms. The van der Waals surface area contributed by atoms with E-state index in [9.17, 15) is 24.9 Å².